The summed E-state index contributed by atoms with van der Waals surface area (Å²) >= 11 is 0. The van der Waals surface area contributed by atoms with Gasteiger partial charge in [-0.3, -0.25) is 4.68 Å². The Bertz CT molecular complexity index is 620. The first-order valence-corrected chi connectivity index (χ1v) is 7.09. The van der Waals surface area contributed by atoms with Crippen LogP contribution in [-0.4, -0.2) is 16.8 Å². The van der Waals surface area contributed by atoms with Crippen LogP contribution in [0.15, 0.2) is 24.4 Å². The van der Waals surface area contributed by atoms with Crippen LogP contribution in [0.2, 0.25) is 0 Å². The van der Waals surface area contributed by atoms with Crippen LogP contribution in [0.5, 0.6) is 0 Å². The van der Waals surface area contributed by atoms with Crippen molar-refractivity contribution in [3.63, 3.8) is 0 Å². The van der Waals surface area contributed by atoms with Gasteiger partial charge in [-0.05, 0) is 45.5 Å². The molecule has 1 unspecified atom stereocenters. The lowest BCUT2D eigenvalue weighted by molar-refractivity contribution is 0.476. The Morgan fingerprint density at radius 3 is 2.52 bits per heavy atom. The lowest BCUT2D eigenvalue weighted by Gasteiger charge is -2.18. The molecule has 5 heteroatoms. The van der Waals surface area contributed by atoms with Gasteiger partial charge in [0.1, 0.15) is 11.6 Å². The first kappa shape index (κ1) is 15.6. The van der Waals surface area contributed by atoms with E-state index in [1.54, 1.807) is 14.0 Å². The summed E-state index contributed by atoms with van der Waals surface area (Å²) < 4.78 is 30.1. The molecular formula is C16H21F2N3. The van der Waals surface area contributed by atoms with Gasteiger partial charge in [0.15, 0.2) is 0 Å². The van der Waals surface area contributed by atoms with Crippen molar-refractivity contribution in [2.24, 2.45) is 0 Å². The van der Waals surface area contributed by atoms with E-state index in [0.29, 0.717) is 12.0 Å². The second kappa shape index (κ2) is 6.35. The Labute approximate surface area is 124 Å². The lowest BCUT2D eigenvalue weighted by atomic mass is 9.99. The SMILES string of the molecule is CNC(Cc1ccn(C(C)C)n1)c1c(F)ccc(C)c1F. The largest absolute Gasteiger partial charge is 0.312 e. The third-order valence-electron chi connectivity index (χ3n) is 3.62. The number of hydrogen-bond donors (Lipinski definition) is 1. The number of aromatic nitrogens is 2. The predicted molar refractivity (Wildman–Crippen MR) is 79.2 cm³/mol. The molecule has 1 atom stereocenters. The molecule has 0 saturated carbocycles. The molecule has 1 heterocycles. The Morgan fingerprint density at radius 2 is 1.95 bits per heavy atom. The topological polar surface area (TPSA) is 29.9 Å². The Kier molecular flexibility index (Phi) is 4.73. The molecular weight excluding hydrogens is 272 g/mol. The molecule has 1 N–H and O–H groups in total. The number of nitrogens with zero attached hydrogens (tertiary/aromatic N) is 2. The normalized spacial score (nSPS) is 12.9. The van der Waals surface area contributed by atoms with Gasteiger partial charge in [0, 0.05) is 30.3 Å². The van der Waals surface area contributed by atoms with Crippen LogP contribution in [0.4, 0.5) is 8.78 Å². The van der Waals surface area contributed by atoms with Gasteiger partial charge < -0.3 is 5.32 Å². The molecule has 0 aliphatic rings. The van der Waals surface area contributed by atoms with Gasteiger partial charge in [-0.25, -0.2) is 8.78 Å². The second-order valence-corrected chi connectivity index (χ2v) is 5.52. The van der Waals surface area contributed by atoms with Gasteiger partial charge in [-0.15, -0.1) is 0 Å². The summed E-state index contributed by atoms with van der Waals surface area (Å²) in [5.41, 5.74) is 1.33. The van der Waals surface area contributed by atoms with E-state index in [1.807, 2.05) is 30.8 Å². The van der Waals surface area contributed by atoms with Crippen LogP contribution in [0, 0.1) is 18.6 Å². The number of aryl methyl sites for hydroxylation is 1. The summed E-state index contributed by atoms with van der Waals surface area (Å²) in [5.74, 6) is -1.02. The standard InChI is InChI=1S/C16H21F2N3/c1-10(2)21-8-7-12(20-21)9-14(19-4)15-13(17)6-5-11(3)16(15)18/h5-8,10,14,19H,9H2,1-4H3. The summed E-state index contributed by atoms with van der Waals surface area (Å²) in [6, 6.07) is 4.47. The highest BCUT2D eigenvalue weighted by Crippen LogP contribution is 2.25. The van der Waals surface area contributed by atoms with Gasteiger partial charge in [0.2, 0.25) is 0 Å². The van der Waals surface area contributed by atoms with Crippen LogP contribution in [0.1, 0.15) is 42.8 Å². The fourth-order valence-corrected chi connectivity index (χ4v) is 2.33. The smallest absolute Gasteiger partial charge is 0.133 e. The maximum atomic E-state index is 14.2. The van der Waals surface area contributed by atoms with E-state index in [2.05, 4.69) is 10.4 Å². The van der Waals surface area contributed by atoms with Crippen LogP contribution < -0.4 is 5.32 Å². The average Bonchev–Trinajstić information content (AvgIpc) is 2.91. The molecule has 0 radical (unpaired) electrons. The molecule has 0 amide bonds. The van der Waals surface area contributed by atoms with Gasteiger partial charge >= 0.3 is 0 Å². The van der Waals surface area contributed by atoms with E-state index in [1.165, 1.54) is 12.1 Å². The number of likely N-dealkylation sites (N-methyl/N-ethyl adjacent to an activating group) is 1. The zero-order valence-corrected chi connectivity index (χ0v) is 12.8. The molecule has 2 rings (SSSR count). The van der Waals surface area contributed by atoms with Crippen molar-refractivity contribution in [2.45, 2.75) is 39.3 Å². The Morgan fingerprint density at radius 1 is 1.24 bits per heavy atom. The molecule has 0 aliphatic carbocycles. The molecule has 0 saturated heterocycles. The highest BCUT2D eigenvalue weighted by Gasteiger charge is 2.21. The molecule has 21 heavy (non-hydrogen) atoms. The first-order valence-electron chi connectivity index (χ1n) is 7.09. The van der Waals surface area contributed by atoms with Crippen LogP contribution >= 0.6 is 0 Å². The molecule has 0 aliphatic heterocycles. The summed E-state index contributed by atoms with van der Waals surface area (Å²) in [6.45, 7) is 5.71. The summed E-state index contributed by atoms with van der Waals surface area (Å²) in [5, 5.41) is 7.42. The van der Waals surface area contributed by atoms with Gasteiger partial charge in [0.05, 0.1) is 5.69 Å². The molecule has 1 aromatic heterocycles. The molecule has 0 fully saturated rings. The number of nitrogens with one attached hydrogen (secondary N) is 1. The second-order valence-electron chi connectivity index (χ2n) is 5.52. The number of hydrogen-bond acceptors (Lipinski definition) is 2. The van der Waals surface area contributed by atoms with Crippen LogP contribution in [0.25, 0.3) is 0 Å². The Balaban J connectivity index is 2.30. The van der Waals surface area contributed by atoms with Gasteiger partial charge in [-0.2, -0.15) is 5.10 Å². The fourth-order valence-electron chi connectivity index (χ4n) is 2.33. The van der Waals surface area contributed by atoms with E-state index in [-0.39, 0.29) is 11.6 Å². The predicted octanol–water partition coefficient (Wildman–Crippen LogP) is 3.55. The summed E-state index contributed by atoms with van der Waals surface area (Å²) in [6.07, 6.45) is 2.32. The van der Waals surface area contributed by atoms with Gasteiger partial charge in [0.25, 0.3) is 0 Å². The maximum Gasteiger partial charge on any atom is 0.133 e. The molecule has 3 nitrogen and oxygen atoms in total. The van der Waals surface area contributed by atoms with E-state index in [0.717, 1.165) is 5.69 Å². The first-order chi connectivity index (χ1) is 9.93. The highest BCUT2D eigenvalue weighted by molar-refractivity contribution is 5.30. The summed E-state index contributed by atoms with van der Waals surface area (Å²) in [4.78, 5) is 0. The van der Waals surface area contributed by atoms with Crippen molar-refractivity contribution in [1.29, 1.82) is 0 Å². The molecule has 0 spiro atoms. The highest BCUT2D eigenvalue weighted by atomic mass is 19.1. The molecule has 1 aromatic carbocycles. The minimum atomic E-state index is -0.527. The average molecular weight is 293 g/mol. The van der Waals surface area contributed by atoms with Gasteiger partial charge in [-0.1, -0.05) is 6.07 Å². The van der Waals surface area contributed by atoms with E-state index >= 15 is 0 Å². The molecule has 0 bridgehead atoms. The van der Waals surface area contributed by atoms with Crippen LogP contribution in [0.3, 0.4) is 0 Å². The number of benzene rings is 1. The fraction of sp³-hybridized carbons (Fsp3) is 0.438. The lowest BCUT2D eigenvalue weighted by Crippen LogP contribution is -2.22. The third-order valence-corrected chi connectivity index (χ3v) is 3.62. The zero-order valence-electron chi connectivity index (χ0n) is 12.8. The summed E-state index contributed by atoms with van der Waals surface area (Å²) in [7, 11) is 1.70. The minimum Gasteiger partial charge on any atom is -0.312 e. The van der Waals surface area contributed by atoms with Crippen molar-refractivity contribution >= 4 is 0 Å². The van der Waals surface area contributed by atoms with E-state index < -0.39 is 17.7 Å². The third kappa shape index (κ3) is 3.29. The van der Waals surface area contributed by atoms with Crippen LogP contribution in [-0.2, 0) is 6.42 Å². The van der Waals surface area contributed by atoms with Crippen molar-refractivity contribution in [1.82, 2.24) is 15.1 Å². The monoisotopic (exact) mass is 293 g/mol. The quantitative estimate of drug-likeness (QED) is 0.913. The van der Waals surface area contributed by atoms with Crippen molar-refractivity contribution < 1.29 is 8.78 Å². The number of rotatable bonds is 5. The van der Waals surface area contributed by atoms with E-state index in [9.17, 15) is 8.78 Å². The number of halogens is 2. The van der Waals surface area contributed by atoms with Crippen molar-refractivity contribution in [3.8, 4) is 0 Å². The molecule has 114 valence electrons. The Hall–Kier alpha value is -1.75. The van der Waals surface area contributed by atoms with E-state index in [4.69, 9.17) is 0 Å². The maximum absolute atomic E-state index is 14.2. The zero-order chi connectivity index (χ0) is 15.6. The molecule has 2 aromatic rings. The minimum absolute atomic E-state index is 0.0802. The van der Waals surface area contributed by atoms with Crippen molar-refractivity contribution in [3.05, 3.63) is 52.9 Å². The van der Waals surface area contributed by atoms with Crippen molar-refractivity contribution in [2.75, 3.05) is 7.05 Å².